The van der Waals surface area contributed by atoms with Crippen LogP contribution in [0.1, 0.15) is 13.8 Å². The summed E-state index contributed by atoms with van der Waals surface area (Å²) < 4.78 is 0.824. The van der Waals surface area contributed by atoms with E-state index in [2.05, 4.69) is 10.2 Å². The third-order valence-corrected chi connectivity index (χ3v) is 4.32. The number of thioether (sulfide) groups is 1. The normalized spacial score (nSPS) is 10.7. The van der Waals surface area contributed by atoms with E-state index in [1.54, 1.807) is 5.51 Å². The van der Waals surface area contributed by atoms with Crippen LogP contribution in [0.5, 0.6) is 0 Å². The molecule has 6 heteroatoms. The number of benzene rings is 1. The van der Waals surface area contributed by atoms with Crippen molar-refractivity contribution in [2.45, 2.75) is 24.2 Å². The lowest BCUT2D eigenvalue weighted by molar-refractivity contribution is -0.116. The number of carbonyl (C=O) groups is 1. The Labute approximate surface area is 120 Å². The molecule has 0 N–H and O–H groups in total. The van der Waals surface area contributed by atoms with Crippen LogP contribution in [0.25, 0.3) is 0 Å². The number of aromatic nitrogens is 2. The highest BCUT2D eigenvalue weighted by Crippen LogP contribution is 2.22. The molecule has 0 saturated carbocycles. The SMILES string of the molecule is CC(C)N(C(=O)CSc1nncs1)c1ccccc1. The van der Waals surface area contributed by atoms with Crippen molar-refractivity contribution in [1.82, 2.24) is 10.2 Å². The molecule has 0 spiro atoms. The lowest BCUT2D eigenvalue weighted by Gasteiger charge is -2.26. The summed E-state index contributed by atoms with van der Waals surface area (Å²) in [5.74, 6) is 0.462. The number of carbonyl (C=O) groups excluding carboxylic acids is 1. The number of hydrogen-bond donors (Lipinski definition) is 0. The second-order valence-corrected chi connectivity index (χ2v) is 6.24. The van der Waals surface area contributed by atoms with Crippen LogP contribution in [-0.4, -0.2) is 27.9 Å². The Balaban J connectivity index is 2.05. The van der Waals surface area contributed by atoms with Crippen LogP contribution in [0.4, 0.5) is 5.69 Å². The number of anilines is 1. The van der Waals surface area contributed by atoms with Gasteiger partial charge >= 0.3 is 0 Å². The van der Waals surface area contributed by atoms with Gasteiger partial charge in [0.15, 0.2) is 4.34 Å². The molecule has 2 rings (SSSR count). The number of nitrogens with zero attached hydrogens (tertiary/aromatic N) is 3. The zero-order valence-corrected chi connectivity index (χ0v) is 12.4. The van der Waals surface area contributed by atoms with E-state index in [-0.39, 0.29) is 11.9 Å². The van der Waals surface area contributed by atoms with Crippen LogP contribution in [0.3, 0.4) is 0 Å². The fourth-order valence-electron chi connectivity index (χ4n) is 1.74. The molecule has 1 amide bonds. The topological polar surface area (TPSA) is 46.1 Å². The maximum Gasteiger partial charge on any atom is 0.237 e. The smallest absolute Gasteiger partial charge is 0.237 e. The van der Waals surface area contributed by atoms with E-state index in [0.717, 1.165) is 10.0 Å². The molecule has 1 heterocycles. The summed E-state index contributed by atoms with van der Waals surface area (Å²) >= 11 is 2.88. The van der Waals surface area contributed by atoms with Gasteiger partial charge in [0.2, 0.25) is 5.91 Å². The Bertz CT molecular complexity index is 514. The van der Waals surface area contributed by atoms with Gasteiger partial charge in [-0.05, 0) is 26.0 Å². The summed E-state index contributed by atoms with van der Waals surface area (Å²) in [4.78, 5) is 14.2. The molecule has 1 aromatic carbocycles. The molecule has 0 bridgehead atoms. The fourth-order valence-corrected chi connectivity index (χ4v) is 3.09. The second kappa shape index (κ2) is 6.68. The summed E-state index contributed by atoms with van der Waals surface area (Å²) in [5, 5.41) is 7.69. The minimum Gasteiger partial charge on any atom is -0.309 e. The van der Waals surface area contributed by atoms with Gasteiger partial charge in [0.05, 0.1) is 5.75 Å². The lowest BCUT2D eigenvalue weighted by atomic mass is 10.2. The van der Waals surface area contributed by atoms with Crippen molar-refractivity contribution < 1.29 is 4.79 Å². The van der Waals surface area contributed by atoms with Gasteiger partial charge in [-0.2, -0.15) is 0 Å². The van der Waals surface area contributed by atoms with Crippen molar-refractivity contribution >= 4 is 34.7 Å². The van der Waals surface area contributed by atoms with Crippen LogP contribution >= 0.6 is 23.1 Å². The zero-order chi connectivity index (χ0) is 13.7. The molecule has 0 aliphatic heterocycles. The molecule has 2 aromatic rings. The van der Waals surface area contributed by atoms with E-state index in [9.17, 15) is 4.79 Å². The zero-order valence-electron chi connectivity index (χ0n) is 10.8. The van der Waals surface area contributed by atoms with E-state index in [0.29, 0.717) is 5.75 Å². The molecule has 0 saturated heterocycles. The van der Waals surface area contributed by atoms with Crippen LogP contribution in [-0.2, 0) is 4.79 Å². The minimum atomic E-state index is 0.0846. The van der Waals surface area contributed by atoms with Crippen LogP contribution in [0.2, 0.25) is 0 Å². The molecular formula is C13H15N3OS2. The standard InChI is InChI=1S/C13H15N3OS2/c1-10(2)16(11-6-4-3-5-7-11)12(17)8-18-13-15-14-9-19-13/h3-7,9-10H,8H2,1-2H3. The monoisotopic (exact) mass is 293 g/mol. The molecule has 1 aromatic heterocycles. The fraction of sp³-hybridized carbons (Fsp3) is 0.308. The highest BCUT2D eigenvalue weighted by molar-refractivity contribution is 8.01. The van der Waals surface area contributed by atoms with Gasteiger partial charge in [-0.25, -0.2) is 0 Å². The van der Waals surface area contributed by atoms with E-state index in [1.807, 2.05) is 49.1 Å². The van der Waals surface area contributed by atoms with Crippen molar-refractivity contribution in [3.63, 3.8) is 0 Å². The average molecular weight is 293 g/mol. The minimum absolute atomic E-state index is 0.0846. The summed E-state index contributed by atoms with van der Waals surface area (Å²) in [5.41, 5.74) is 2.60. The van der Waals surface area contributed by atoms with Gasteiger partial charge in [0.25, 0.3) is 0 Å². The molecule has 0 aliphatic carbocycles. The Kier molecular flexibility index (Phi) is 4.93. The maximum atomic E-state index is 12.3. The molecule has 0 unspecified atom stereocenters. The summed E-state index contributed by atoms with van der Waals surface area (Å²) in [6.07, 6.45) is 0. The van der Waals surface area contributed by atoms with Gasteiger partial charge in [-0.15, -0.1) is 10.2 Å². The third-order valence-electron chi connectivity index (χ3n) is 2.48. The molecule has 4 nitrogen and oxygen atoms in total. The Morgan fingerprint density at radius 1 is 1.37 bits per heavy atom. The molecule has 0 fully saturated rings. The number of para-hydroxylation sites is 1. The second-order valence-electron chi connectivity index (χ2n) is 4.19. The molecule has 0 aliphatic rings. The third kappa shape index (κ3) is 3.78. The van der Waals surface area contributed by atoms with Crippen molar-refractivity contribution in [3.05, 3.63) is 35.8 Å². The first-order chi connectivity index (χ1) is 9.18. The Hall–Kier alpha value is -1.40. The number of amides is 1. The molecule has 19 heavy (non-hydrogen) atoms. The quantitative estimate of drug-likeness (QED) is 0.795. The van der Waals surface area contributed by atoms with Gasteiger partial charge in [-0.3, -0.25) is 4.79 Å². The van der Waals surface area contributed by atoms with Crippen molar-refractivity contribution in [2.75, 3.05) is 10.7 Å². The molecule has 100 valence electrons. The van der Waals surface area contributed by atoms with Crippen LogP contribution in [0.15, 0.2) is 40.2 Å². The first-order valence-electron chi connectivity index (χ1n) is 5.94. The molecule has 0 atom stereocenters. The van der Waals surface area contributed by atoms with Gasteiger partial charge in [0, 0.05) is 11.7 Å². The van der Waals surface area contributed by atoms with E-state index < -0.39 is 0 Å². The molecule has 0 radical (unpaired) electrons. The highest BCUT2D eigenvalue weighted by atomic mass is 32.2. The summed E-state index contributed by atoms with van der Waals surface area (Å²) in [7, 11) is 0. The first-order valence-corrected chi connectivity index (χ1v) is 7.81. The number of hydrogen-bond acceptors (Lipinski definition) is 5. The Morgan fingerprint density at radius 3 is 2.68 bits per heavy atom. The van der Waals surface area contributed by atoms with Crippen LogP contribution in [0, 0.1) is 0 Å². The predicted molar refractivity (Wildman–Crippen MR) is 79.7 cm³/mol. The largest absolute Gasteiger partial charge is 0.309 e. The molecular weight excluding hydrogens is 278 g/mol. The van der Waals surface area contributed by atoms with Crippen LogP contribution < -0.4 is 4.90 Å². The first kappa shape index (κ1) is 14.0. The summed E-state index contributed by atoms with van der Waals surface area (Å²) in [6, 6.07) is 9.86. The predicted octanol–water partition coefficient (Wildman–Crippen LogP) is 3.07. The summed E-state index contributed by atoms with van der Waals surface area (Å²) in [6.45, 7) is 4.03. The maximum absolute atomic E-state index is 12.3. The van der Waals surface area contributed by atoms with Crippen molar-refractivity contribution in [3.8, 4) is 0 Å². The van der Waals surface area contributed by atoms with Gasteiger partial charge < -0.3 is 4.90 Å². The van der Waals surface area contributed by atoms with E-state index >= 15 is 0 Å². The average Bonchev–Trinajstić information content (AvgIpc) is 2.90. The van der Waals surface area contributed by atoms with E-state index in [4.69, 9.17) is 0 Å². The van der Waals surface area contributed by atoms with Crippen molar-refractivity contribution in [2.24, 2.45) is 0 Å². The Morgan fingerprint density at radius 2 is 2.11 bits per heavy atom. The van der Waals surface area contributed by atoms with Gasteiger partial charge in [-0.1, -0.05) is 41.3 Å². The number of rotatable bonds is 5. The highest BCUT2D eigenvalue weighted by Gasteiger charge is 2.19. The lowest BCUT2D eigenvalue weighted by Crippen LogP contribution is -2.38. The van der Waals surface area contributed by atoms with Gasteiger partial charge in [0.1, 0.15) is 5.51 Å². The van der Waals surface area contributed by atoms with Crippen molar-refractivity contribution in [1.29, 1.82) is 0 Å². The van der Waals surface area contributed by atoms with E-state index in [1.165, 1.54) is 23.1 Å².